The van der Waals surface area contributed by atoms with E-state index >= 15 is 0 Å². The number of anilines is 1. The highest BCUT2D eigenvalue weighted by molar-refractivity contribution is 7.13. The van der Waals surface area contributed by atoms with Crippen molar-refractivity contribution >= 4 is 22.9 Å². The van der Waals surface area contributed by atoms with Gasteiger partial charge in [-0.2, -0.15) is 0 Å². The number of carbonyl (C=O) groups excluding carboxylic acids is 1. The number of nitrogens with zero attached hydrogens (tertiary/aromatic N) is 1. The lowest BCUT2D eigenvalue weighted by atomic mass is 10.1. The zero-order valence-corrected chi connectivity index (χ0v) is 25.8. The third kappa shape index (κ3) is 11.2. The fraction of sp³-hybridized carbons (Fsp3) is 0.515. The van der Waals surface area contributed by atoms with Crippen LogP contribution in [0.15, 0.2) is 54.0 Å². The highest BCUT2D eigenvalue weighted by Gasteiger charge is 2.19. The summed E-state index contributed by atoms with van der Waals surface area (Å²) in [6, 6.07) is 12.6. The quantitative estimate of drug-likeness (QED) is 0.122. The van der Waals surface area contributed by atoms with E-state index in [0.717, 1.165) is 35.6 Å². The van der Waals surface area contributed by atoms with E-state index in [1.807, 2.05) is 35.8 Å². The average Bonchev–Trinajstić information content (AvgIpc) is 3.41. The normalized spacial score (nSPS) is 10.8. The minimum absolute atomic E-state index is 0. The average molecular weight is 589 g/mol. The molecule has 0 saturated carbocycles. The molecular formula is C33H46ClFN2O2S. The van der Waals surface area contributed by atoms with Crippen LogP contribution in [0.25, 0.3) is 10.6 Å². The van der Waals surface area contributed by atoms with Gasteiger partial charge in [0.05, 0.1) is 18.4 Å². The van der Waals surface area contributed by atoms with Gasteiger partial charge in [-0.25, -0.2) is 4.39 Å². The van der Waals surface area contributed by atoms with Crippen molar-refractivity contribution in [2.45, 2.75) is 104 Å². The molecule has 220 valence electrons. The first-order valence-corrected chi connectivity index (χ1v) is 15.8. The summed E-state index contributed by atoms with van der Waals surface area (Å²) in [5.74, 6) is -0.406. The Morgan fingerprint density at radius 2 is 1.55 bits per heavy atom. The Bertz CT molecular complexity index is 1140. The van der Waals surface area contributed by atoms with Crippen LogP contribution in [0.1, 0.15) is 96.5 Å². The van der Waals surface area contributed by atoms with Gasteiger partial charge in [-0.15, -0.1) is 0 Å². The molecule has 0 bridgehead atoms. The molecule has 0 fully saturated rings. The molecule has 0 aliphatic carbocycles. The van der Waals surface area contributed by atoms with Crippen molar-refractivity contribution in [2.75, 3.05) is 11.9 Å². The predicted octanol–water partition coefficient (Wildman–Crippen LogP) is 6.92. The van der Waals surface area contributed by atoms with Crippen molar-refractivity contribution in [3.63, 3.8) is 0 Å². The van der Waals surface area contributed by atoms with Gasteiger partial charge in [0.2, 0.25) is 5.91 Å². The van der Waals surface area contributed by atoms with Crippen LogP contribution >= 0.6 is 11.3 Å². The van der Waals surface area contributed by atoms with Crippen LogP contribution in [0, 0.1) is 5.82 Å². The van der Waals surface area contributed by atoms with Crippen molar-refractivity contribution in [1.29, 1.82) is 0 Å². The number of rotatable bonds is 19. The second-order valence-electron chi connectivity index (χ2n) is 10.2. The molecule has 0 spiro atoms. The summed E-state index contributed by atoms with van der Waals surface area (Å²) in [5.41, 5.74) is 2.30. The first-order valence-electron chi connectivity index (χ1n) is 14.9. The number of aromatic nitrogens is 1. The van der Waals surface area contributed by atoms with Crippen LogP contribution < -0.4 is 22.5 Å². The molecule has 0 atom stereocenters. The summed E-state index contributed by atoms with van der Waals surface area (Å²) in [6.07, 6.45) is 17.3. The fourth-order valence-corrected chi connectivity index (χ4v) is 5.86. The van der Waals surface area contributed by atoms with Gasteiger partial charge in [0.15, 0.2) is 16.6 Å². The maximum atomic E-state index is 14.6. The molecule has 1 amide bonds. The third-order valence-corrected chi connectivity index (χ3v) is 8.03. The van der Waals surface area contributed by atoms with E-state index in [1.165, 1.54) is 70.3 Å². The van der Waals surface area contributed by atoms with E-state index in [-0.39, 0.29) is 30.5 Å². The molecule has 0 saturated heterocycles. The van der Waals surface area contributed by atoms with Gasteiger partial charge in [-0.05, 0) is 48.9 Å². The molecule has 0 unspecified atom stereocenters. The smallest absolute Gasteiger partial charge is 0.235 e. The summed E-state index contributed by atoms with van der Waals surface area (Å²) >= 11 is 1.64. The molecule has 0 radical (unpaired) electrons. The monoisotopic (exact) mass is 588 g/mol. The maximum Gasteiger partial charge on any atom is 0.235 e. The van der Waals surface area contributed by atoms with Gasteiger partial charge in [0, 0.05) is 18.2 Å². The summed E-state index contributed by atoms with van der Waals surface area (Å²) in [7, 11) is 0. The van der Waals surface area contributed by atoms with E-state index in [4.69, 9.17) is 4.74 Å². The van der Waals surface area contributed by atoms with Crippen molar-refractivity contribution in [3.05, 3.63) is 65.4 Å². The Hall–Kier alpha value is -2.44. The maximum absolute atomic E-state index is 14.6. The second-order valence-corrected chi connectivity index (χ2v) is 11.1. The molecule has 7 heteroatoms. The summed E-state index contributed by atoms with van der Waals surface area (Å²) < 4.78 is 22.7. The number of hydrogen-bond donors (Lipinski definition) is 1. The number of carbonyl (C=O) groups is 1. The van der Waals surface area contributed by atoms with Crippen LogP contribution in [0.5, 0.6) is 5.75 Å². The largest absolute Gasteiger partial charge is 1.00 e. The minimum atomic E-state index is -0.415. The van der Waals surface area contributed by atoms with Gasteiger partial charge < -0.3 is 17.1 Å². The number of hydrogen-bond acceptors (Lipinski definition) is 3. The minimum Gasteiger partial charge on any atom is -1.00 e. The Balaban J connectivity index is 0.00000560. The lowest BCUT2D eigenvalue weighted by Crippen LogP contribution is -3.00. The Morgan fingerprint density at radius 3 is 2.23 bits per heavy atom. The number of para-hydroxylation sites is 2. The number of amides is 1. The molecule has 4 nitrogen and oxygen atoms in total. The molecule has 3 rings (SSSR count). The van der Waals surface area contributed by atoms with Crippen LogP contribution in [0.3, 0.4) is 0 Å². The Morgan fingerprint density at radius 1 is 0.900 bits per heavy atom. The number of nitrogens with one attached hydrogen (secondary N) is 1. The van der Waals surface area contributed by atoms with E-state index in [9.17, 15) is 9.18 Å². The predicted molar refractivity (Wildman–Crippen MR) is 163 cm³/mol. The van der Waals surface area contributed by atoms with Crippen molar-refractivity contribution in [1.82, 2.24) is 4.57 Å². The Labute approximate surface area is 250 Å². The standard InChI is InChI=1S/C33H45FN2O2S.ClH/c1-3-5-6-7-8-9-10-11-12-13-14-17-24-38-32-27(19-18-21-29(32)34)26-31(37)35-30-22-16-15-20-28(30)33-36(4-2)23-25-39-33;/h15-16,18-23,25H,3-14,17,24,26H2,1-2H3;1H. The number of thiazole rings is 1. The molecule has 0 aliphatic heterocycles. The summed E-state index contributed by atoms with van der Waals surface area (Å²) in [6.45, 7) is 5.67. The fourth-order valence-electron chi connectivity index (χ4n) is 4.89. The molecule has 2 aromatic carbocycles. The van der Waals surface area contributed by atoms with Gasteiger partial charge in [0.1, 0.15) is 17.4 Å². The number of halogens is 2. The van der Waals surface area contributed by atoms with E-state index in [1.54, 1.807) is 23.5 Å². The van der Waals surface area contributed by atoms with E-state index in [2.05, 4.69) is 23.7 Å². The lowest BCUT2D eigenvalue weighted by Gasteiger charge is -2.13. The van der Waals surface area contributed by atoms with Gasteiger partial charge in [-0.3, -0.25) is 14.7 Å². The zero-order chi connectivity index (χ0) is 27.7. The van der Waals surface area contributed by atoms with Crippen LogP contribution in [-0.2, 0) is 17.8 Å². The van der Waals surface area contributed by atoms with Gasteiger partial charge in [0.25, 0.3) is 0 Å². The number of benzene rings is 2. The number of unbranched alkanes of at least 4 members (excludes halogenated alkanes) is 11. The van der Waals surface area contributed by atoms with Crippen molar-refractivity contribution < 1.29 is 26.3 Å². The molecule has 40 heavy (non-hydrogen) atoms. The topological polar surface area (TPSA) is 43.3 Å². The lowest BCUT2D eigenvalue weighted by molar-refractivity contribution is -0.115. The number of aryl methyl sites for hydroxylation is 1. The SMILES string of the molecule is CCCCCCCCCCCCCCOc1c(F)cccc1CC(=O)Nc1ccccc1-[c+]1sccn1CC.[Cl-]. The first kappa shape index (κ1) is 33.8. The first-order chi connectivity index (χ1) is 19.1. The third-order valence-electron chi connectivity index (χ3n) is 7.10. The molecule has 3 aromatic rings. The summed E-state index contributed by atoms with van der Waals surface area (Å²) in [5, 5.41) is 6.17. The van der Waals surface area contributed by atoms with Gasteiger partial charge >= 0.3 is 0 Å². The zero-order valence-electron chi connectivity index (χ0n) is 24.2. The molecule has 1 aromatic heterocycles. The van der Waals surface area contributed by atoms with Crippen molar-refractivity contribution in [2.24, 2.45) is 0 Å². The summed E-state index contributed by atoms with van der Waals surface area (Å²) in [4.78, 5) is 13.0. The van der Waals surface area contributed by atoms with Crippen molar-refractivity contribution in [3.8, 4) is 16.3 Å². The van der Waals surface area contributed by atoms with Crippen LogP contribution in [0.4, 0.5) is 10.1 Å². The molecule has 1 heterocycles. The highest BCUT2D eigenvalue weighted by Crippen LogP contribution is 2.32. The Kier molecular flexibility index (Phi) is 16.5. The van der Waals surface area contributed by atoms with Gasteiger partial charge in [-0.1, -0.05) is 89.7 Å². The second kappa shape index (κ2) is 19.6. The molecule has 1 N–H and O–H groups in total. The van der Waals surface area contributed by atoms with Crippen LogP contribution in [-0.4, -0.2) is 17.1 Å². The molecule has 0 aliphatic rings. The van der Waals surface area contributed by atoms with E-state index in [0.29, 0.717) is 12.2 Å². The van der Waals surface area contributed by atoms with E-state index < -0.39 is 5.82 Å². The van der Waals surface area contributed by atoms with Crippen LogP contribution in [0.2, 0.25) is 0 Å². The number of ether oxygens (including phenoxy) is 1. The molecular weight excluding hydrogens is 543 g/mol. The highest BCUT2D eigenvalue weighted by atomic mass is 35.5.